The third kappa shape index (κ3) is 12.3. The molecule has 2 atom stereocenters. The molecule has 0 aliphatic heterocycles. The molecule has 0 amide bonds. The van der Waals surface area contributed by atoms with Crippen LogP contribution in [-0.4, -0.2) is 62.4 Å². The van der Waals surface area contributed by atoms with E-state index < -0.39 is 6.10 Å². The number of ether oxygens (including phenoxy) is 2. The van der Waals surface area contributed by atoms with Gasteiger partial charge in [-0.1, -0.05) is 20.3 Å². The normalized spacial score (nSPS) is 14.7. The van der Waals surface area contributed by atoms with E-state index in [0.717, 1.165) is 19.4 Å². The second-order valence-corrected chi connectivity index (χ2v) is 4.64. The van der Waals surface area contributed by atoms with Crippen LogP contribution in [0.5, 0.6) is 0 Å². The lowest BCUT2D eigenvalue weighted by Gasteiger charge is -2.14. The zero-order valence-corrected chi connectivity index (χ0v) is 11.7. The molecule has 0 spiro atoms. The minimum Gasteiger partial charge on any atom is -0.396 e. The summed E-state index contributed by atoms with van der Waals surface area (Å²) in [4.78, 5) is 0. The molecule has 5 nitrogen and oxygen atoms in total. The molecule has 0 aliphatic rings. The van der Waals surface area contributed by atoms with Crippen LogP contribution in [0.1, 0.15) is 26.7 Å². The summed E-state index contributed by atoms with van der Waals surface area (Å²) in [5.74, 6) is 0.213. The predicted molar refractivity (Wildman–Crippen MR) is 71.7 cm³/mol. The maximum atomic E-state index is 9.58. The van der Waals surface area contributed by atoms with Gasteiger partial charge >= 0.3 is 0 Å². The van der Waals surface area contributed by atoms with Gasteiger partial charge in [0.15, 0.2) is 0 Å². The van der Waals surface area contributed by atoms with Gasteiger partial charge in [-0.15, -0.1) is 0 Å². The SMILES string of the molecule is CCCCOCCOCC(O)CNCC(C)CO. The molecule has 0 aromatic carbocycles. The number of hydrogen-bond donors (Lipinski definition) is 3. The number of aliphatic hydroxyl groups is 2. The highest BCUT2D eigenvalue weighted by Gasteiger charge is 2.05. The third-order valence-electron chi connectivity index (χ3n) is 2.51. The zero-order valence-electron chi connectivity index (χ0n) is 11.7. The number of hydrogen-bond acceptors (Lipinski definition) is 5. The molecule has 0 saturated carbocycles. The van der Waals surface area contributed by atoms with E-state index in [1.807, 2.05) is 6.92 Å². The fourth-order valence-electron chi connectivity index (χ4n) is 1.31. The molecule has 2 unspecified atom stereocenters. The first-order valence-corrected chi connectivity index (χ1v) is 6.85. The van der Waals surface area contributed by atoms with Gasteiger partial charge in [0.2, 0.25) is 0 Å². The maximum absolute atomic E-state index is 9.58. The maximum Gasteiger partial charge on any atom is 0.0897 e. The van der Waals surface area contributed by atoms with Crippen molar-refractivity contribution in [1.82, 2.24) is 5.32 Å². The second kappa shape index (κ2) is 13.2. The van der Waals surface area contributed by atoms with Crippen LogP contribution in [0.25, 0.3) is 0 Å². The van der Waals surface area contributed by atoms with Gasteiger partial charge in [-0.3, -0.25) is 0 Å². The van der Waals surface area contributed by atoms with Gasteiger partial charge in [-0.25, -0.2) is 0 Å². The van der Waals surface area contributed by atoms with Crippen LogP contribution in [0.4, 0.5) is 0 Å². The fourth-order valence-corrected chi connectivity index (χ4v) is 1.31. The topological polar surface area (TPSA) is 71.0 Å². The van der Waals surface area contributed by atoms with Gasteiger partial charge in [0.25, 0.3) is 0 Å². The molecule has 0 aromatic rings. The Morgan fingerprint density at radius 1 is 1.11 bits per heavy atom. The largest absolute Gasteiger partial charge is 0.396 e. The first-order chi connectivity index (χ1) is 8.70. The van der Waals surface area contributed by atoms with E-state index in [1.165, 1.54) is 0 Å². The van der Waals surface area contributed by atoms with Crippen LogP contribution in [0, 0.1) is 5.92 Å². The second-order valence-electron chi connectivity index (χ2n) is 4.64. The predicted octanol–water partition coefficient (Wildman–Crippen LogP) is 0.399. The quantitative estimate of drug-likeness (QED) is 0.420. The Morgan fingerprint density at radius 2 is 1.83 bits per heavy atom. The van der Waals surface area contributed by atoms with Gasteiger partial charge in [0.1, 0.15) is 0 Å². The fraction of sp³-hybridized carbons (Fsp3) is 1.00. The van der Waals surface area contributed by atoms with E-state index in [2.05, 4.69) is 12.2 Å². The number of aliphatic hydroxyl groups excluding tert-OH is 2. The highest BCUT2D eigenvalue weighted by molar-refractivity contribution is 4.61. The molecule has 0 aliphatic carbocycles. The smallest absolute Gasteiger partial charge is 0.0897 e. The third-order valence-corrected chi connectivity index (χ3v) is 2.51. The summed E-state index contributed by atoms with van der Waals surface area (Å²) in [5.41, 5.74) is 0. The first kappa shape index (κ1) is 17.8. The van der Waals surface area contributed by atoms with Crippen molar-refractivity contribution < 1.29 is 19.7 Å². The summed E-state index contributed by atoms with van der Waals surface area (Å²) in [6.07, 6.45) is 1.71. The molecule has 3 N–H and O–H groups in total. The molecule has 0 aromatic heterocycles. The standard InChI is InChI=1S/C13H29NO4/c1-3-4-5-17-6-7-18-11-13(16)9-14-8-12(2)10-15/h12-16H,3-11H2,1-2H3. The van der Waals surface area contributed by atoms with Gasteiger partial charge in [0.05, 0.1) is 25.9 Å². The van der Waals surface area contributed by atoms with E-state index in [-0.39, 0.29) is 12.5 Å². The Bertz CT molecular complexity index is 169. The highest BCUT2D eigenvalue weighted by Crippen LogP contribution is 1.91. The lowest BCUT2D eigenvalue weighted by molar-refractivity contribution is 0.00364. The number of unbranched alkanes of at least 4 members (excludes halogenated alkanes) is 1. The van der Waals surface area contributed by atoms with Crippen molar-refractivity contribution in [2.75, 3.05) is 46.1 Å². The molecule has 0 fully saturated rings. The van der Waals surface area contributed by atoms with E-state index in [9.17, 15) is 5.11 Å². The van der Waals surface area contributed by atoms with Crippen molar-refractivity contribution >= 4 is 0 Å². The average molecular weight is 263 g/mol. The van der Waals surface area contributed by atoms with E-state index in [4.69, 9.17) is 14.6 Å². The van der Waals surface area contributed by atoms with Crippen molar-refractivity contribution in [2.45, 2.75) is 32.8 Å². The summed E-state index contributed by atoms with van der Waals surface area (Å²) < 4.78 is 10.6. The van der Waals surface area contributed by atoms with Crippen LogP contribution in [0.15, 0.2) is 0 Å². The van der Waals surface area contributed by atoms with Crippen molar-refractivity contribution in [1.29, 1.82) is 0 Å². The summed E-state index contributed by atoms with van der Waals surface area (Å²) >= 11 is 0. The van der Waals surface area contributed by atoms with Gasteiger partial charge < -0.3 is 25.0 Å². The first-order valence-electron chi connectivity index (χ1n) is 6.85. The van der Waals surface area contributed by atoms with E-state index in [0.29, 0.717) is 32.9 Å². The van der Waals surface area contributed by atoms with Gasteiger partial charge in [-0.2, -0.15) is 0 Å². The Balaban J connectivity index is 3.19. The molecule has 5 heteroatoms. The molecule has 0 rings (SSSR count). The van der Waals surface area contributed by atoms with Gasteiger partial charge in [0, 0.05) is 19.8 Å². The van der Waals surface area contributed by atoms with Crippen LogP contribution < -0.4 is 5.32 Å². The van der Waals surface area contributed by atoms with Crippen LogP contribution >= 0.6 is 0 Å². The van der Waals surface area contributed by atoms with Crippen molar-refractivity contribution in [3.8, 4) is 0 Å². The Kier molecular flexibility index (Phi) is 13.1. The van der Waals surface area contributed by atoms with Crippen molar-refractivity contribution in [3.63, 3.8) is 0 Å². The zero-order chi connectivity index (χ0) is 13.6. The van der Waals surface area contributed by atoms with Gasteiger partial charge in [-0.05, 0) is 18.9 Å². The summed E-state index contributed by atoms with van der Waals surface area (Å²) in [6.45, 7) is 7.63. The Labute approximate surface area is 110 Å². The van der Waals surface area contributed by atoms with E-state index >= 15 is 0 Å². The van der Waals surface area contributed by atoms with Crippen LogP contribution in [0.2, 0.25) is 0 Å². The Hall–Kier alpha value is -0.200. The summed E-state index contributed by atoms with van der Waals surface area (Å²) in [5, 5.41) is 21.5. The molecule has 0 bridgehead atoms. The van der Waals surface area contributed by atoms with Crippen molar-refractivity contribution in [3.05, 3.63) is 0 Å². The lowest BCUT2D eigenvalue weighted by atomic mass is 10.2. The molecular formula is C13H29NO4. The average Bonchev–Trinajstić information content (AvgIpc) is 2.37. The molecule has 18 heavy (non-hydrogen) atoms. The molecular weight excluding hydrogens is 234 g/mol. The highest BCUT2D eigenvalue weighted by atomic mass is 16.5. The molecule has 0 saturated heterocycles. The molecule has 0 heterocycles. The lowest BCUT2D eigenvalue weighted by Crippen LogP contribution is -2.34. The monoisotopic (exact) mass is 263 g/mol. The van der Waals surface area contributed by atoms with E-state index in [1.54, 1.807) is 0 Å². The van der Waals surface area contributed by atoms with Crippen LogP contribution in [0.3, 0.4) is 0 Å². The van der Waals surface area contributed by atoms with Crippen LogP contribution in [-0.2, 0) is 9.47 Å². The minimum absolute atomic E-state index is 0.161. The Morgan fingerprint density at radius 3 is 2.50 bits per heavy atom. The summed E-state index contributed by atoms with van der Waals surface area (Å²) in [7, 11) is 0. The molecule has 0 radical (unpaired) electrons. The number of rotatable bonds is 13. The number of nitrogens with one attached hydrogen (secondary N) is 1. The molecule has 110 valence electrons. The minimum atomic E-state index is -0.508. The van der Waals surface area contributed by atoms with Crippen molar-refractivity contribution in [2.24, 2.45) is 5.92 Å². The summed E-state index contributed by atoms with van der Waals surface area (Å²) in [6, 6.07) is 0.